The first-order valence-electron chi connectivity index (χ1n) is 10.4. The molecule has 1 heterocycles. The van der Waals surface area contributed by atoms with Gasteiger partial charge in [-0.2, -0.15) is 5.10 Å². The molecule has 3 aromatic carbocycles. The lowest BCUT2D eigenvalue weighted by Gasteiger charge is -2.18. The number of rotatable bonds is 6. The van der Waals surface area contributed by atoms with Crippen molar-refractivity contribution < 1.29 is 4.79 Å². The van der Waals surface area contributed by atoms with Crippen LogP contribution in [0.15, 0.2) is 82.2 Å². The standard InChI is InChI=1S/C26H25N3OS2/c1-26(2,3)21-14-10-18(11-15-21)16-27-29-24(30)20-12-8-19(9-13-20)17-31-25-28-22-6-4-5-7-23(22)32-25/h4-16H,17H2,1-3H3,(H,29,30). The molecule has 32 heavy (non-hydrogen) atoms. The van der Waals surface area contributed by atoms with Crippen molar-refractivity contribution in [1.82, 2.24) is 10.4 Å². The van der Waals surface area contributed by atoms with E-state index in [1.165, 1.54) is 10.3 Å². The second-order valence-corrected chi connectivity index (χ2v) is 10.8. The van der Waals surface area contributed by atoms with Gasteiger partial charge in [0.15, 0.2) is 4.34 Å². The van der Waals surface area contributed by atoms with Crippen LogP contribution in [-0.4, -0.2) is 17.1 Å². The molecule has 4 nitrogen and oxygen atoms in total. The smallest absolute Gasteiger partial charge is 0.267 e. The number of thioether (sulfide) groups is 1. The zero-order chi connectivity index (χ0) is 22.6. The number of hydrogen-bond acceptors (Lipinski definition) is 5. The van der Waals surface area contributed by atoms with E-state index >= 15 is 0 Å². The molecule has 0 aliphatic carbocycles. The highest BCUT2D eigenvalue weighted by atomic mass is 32.2. The van der Waals surface area contributed by atoms with Gasteiger partial charge in [0.25, 0.3) is 5.91 Å². The van der Waals surface area contributed by atoms with Crippen LogP contribution < -0.4 is 5.43 Å². The summed E-state index contributed by atoms with van der Waals surface area (Å²) in [6.07, 6.45) is 1.66. The van der Waals surface area contributed by atoms with Crippen molar-refractivity contribution in [2.45, 2.75) is 36.3 Å². The molecule has 1 N–H and O–H groups in total. The fourth-order valence-electron chi connectivity index (χ4n) is 3.11. The van der Waals surface area contributed by atoms with E-state index in [-0.39, 0.29) is 11.3 Å². The SMILES string of the molecule is CC(C)(C)c1ccc(C=NNC(=O)c2ccc(CSc3nc4ccccc4s3)cc2)cc1. The molecule has 0 saturated heterocycles. The van der Waals surface area contributed by atoms with Crippen molar-refractivity contribution in [3.8, 4) is 0 Å². The van der Waals surface area contributed by atoms with Gasteiger partial charge in [-0.1, -0.05) is 81.1 Å². The minimum Gasteiger partial charge on any atom is -0.267 e. The van der Waals surface area contributed by atoms with Gasteiger partial charge in [-0.05, 0) is 46.4 Å². The number of aromatic nitrogens is 1. The number of nitrogens with one attached hydrogen (secondary N) is 1. The molecular formula is C26H25N3OS2. The summed E-state index contributed by atoms with van der Waals surface area (Å²) < 4.78 is 2.26. The first kappa shape index (κ1) is 22.2. The van der Waals surface area contributed by atoms with Gasteiger partial charge in [0.1, 0.15) is 0 Å². The Bertz CT molecular complexity index is 1200. The Balaban J connectivity index is 1.30. The molecule has 0 aliphatic heterocycles. The van der Waals surface area contributed by atoms with E-state index in [2.05, 4.69) is 54.5 Å². The molecule has 0 spiro atoms. The first-order chi connectivity index (χ1) is 15.4. The Morgan fingerprint density at radius 1 is 1.03 bits per heavy atom. The molecule has 0 fully saturated rings. The quantitative estimate of drug-likeness (QED) is 0.199. The Morgan fingerprint density at radius 2 is 1.75 bits per heavy atom. The maximum atomic E-state index is 12.4. The van der Waals surface area contributed by atoms with Crippen LogP contribution in [0.4, 0.5) is 0 Å². The molecule has 0 aliphatic rings. The third-order valence-corrected chi connectivity index (χ3v) is 7.26. The summed E-state index contributed by atoms with van der Waals surface area (Å²) in [7, 11) is 0. The number of amides is 1. The molecule has 1 amide bonds. The van der Waals surface area contributed by atoms with Gasteiger partial charge < -0.3 is 0 Å². The average molecular weight is 460 g/mol. The van der Waals surface area contributed by atoms with Gasteiger partial charge in [0.2, 0.25) is 0 Å². The Kier molecular flexibility index (Phi) is 6.72. The van der Waals surface area contributed by atoms with Crippen molar-refractivity contribution in [2.24, 2.45) is 5.10 Å². The summed E-state index contributed by atoms with van der Waals surface area (Å²) in [5, 5.41) is 4.09. The van der Waals surface area contributed by atoms with Gasteiger partial charge in [-0.15, -0.1) is 11.3 Å². The summed E-state index contributed by atoms with van der Waals surface area (Å²) in [6, 6.07) is 24.0. The zero-order valence-electron chi connectivity index (χ0n) is 18.3. The number of hydrogen-bond donors (Lipinski definition) is 1. The third kappa shape index (κ3) is 5.64. The first-order valence-corrected chi connectivity index (χ1v) is 12.2. The minimum atomic E-state index is -0.224. The fourth-order valence-corrected chi connectivity index (χ4v) is 5.13. The van der Waals surface area contributed by atoms with Crippen molar-refractivity contribution >= 4 is 45.4 Å². The Labute approximate surface area is 196 Å². The van der Waals surface area contributed by atoms with Crippen molar-refractivity contribution in [3.05, 3.63) is 95.1 Å². The topological polar surface area (TPSA) is 54.4 Å². The van der Waals surface area contributed by atoms with Gasteiger partial charge in [0.05, 0.1) is 16.4 Å². The number of hydrazone groups is 1. The van der Waals surface area contributed by atoms with Crippen LogP contribution in [0.3, 0.4) is 0 Å². The lowest BCUT2D eigenvalue weighted by Crippen LogP contribution is -2.17. The van der Waals surface area contributed by atoms with Crippen LogP contribution >= 0.6 is 23.1 Å². The number of carbonyl (C=O) groups excluding carboxylic acids is 1. The highest BCUT2D eigenvalue weighted by Crippen LogP contribution is 2.31. The molecule has 0 saturated carbocycles. The number of nitrogens with zero attached hydrogens (tertiary/aromatic N) is 2. The normalized spacial score (nSPS) is 11.8. The monoisotopic (exact) mass is 459 g/mol. The second-order valence-electron chi connectivity index (χ2n) is 8.50. The van der Waals surface area contributed by atoms with E-state index in [4.69, 9.17) is 0 Å². The van der Waals surface area contributed by atoms with Crippen molar-refractivity contribution in [3.63, 3.8) is 0 Å². The van der Waals surface area contributed by atoms with E-state index in [1.807, 2.05) is 54.6 Å². The van der Waals surface area contributed by atoms with Crippen LogP contribution in [0.1, 0.15) is 47.8 Å². The molecule has 1 aromatic heterocycles. The number of fused-ring (bicyclic) bond motifs is 1. The van der Waals surface area contributed by atoms with Gasteiger partial charge in [-0.25, -0.2) is 10.4 Å². The fraction of sp³-hybridized carbons (Fsp3) is 0.192. The average Bonchev–Trinajstić information content (AvgIpc) is 3.21. The van der Waals surface area contributed by atoms with Crippen molar-refractivity contribution in [1.29, 1.82) is 0 Å². The van der Waals surface area contributed by atoms with Crippen LogP contribution in [0.5, 0.6) is 0 Å². The van der Waals surface area contributed by atoms with E-state index < -0.39 is 0 Å². The number of para-hydroxylation sites is 1. The van der Waals surface area contributed by atoms with E-state index in [0.29, 0.717) is 5.56 Å². The van der Waals surface area contributed by atoms with Crippen LogP contribution in [-0.2, 0) is 11.2 Å². The molecule has 0 bridgehead atoms. The summed E-state index contributed by atoms with van der Waals surface area (Å²) in [4.78, 5) is 17.0. The highest BCUT2D eigenvalue weighted by Gasteiger charge is 2.12. The van der Waals surface area contributed by atoms with Gasteiger partial charge >= 0.3 is 0 Å². The number of carbonyl (C=O) groups is 1. The zero-order valence-corrected chi connectivity index (χ0v) is 20.0. The maximum Gasteiger partial charge on any atom is 0.271 e. The molecule has 4 rings (SSSR count). The minimum absolute atomic E-state index is 0.114. The van der Waals surface area contributed by atoms with Crippen LogP contribution in [0.25, 0.3) is 10.2 Å². The maximum absolute atomic E-state index is 12.4. The Morgan fingerprint density at radius 3 is 2.44 bits per heavy atom. The molecule has 4 aromatic rings. The number of benzene rings is 3. The predicted molar refractivity (Wildman–Crippen MR) is 136 cm³/mol. The predicted octanol–water partition coefficient (Wildman–Crippen LogP) is 6.65. The Hall–Kier alpha value is -2.96. The van der Waals surface area contributed by atoms with Crippen molar-refractivity contribution in [2.75, 3.05) is 0 Å². The molecule has 0 unspecified atom stereocenters. The second kappa shape index (κ2) is 9.67. The van der Waals surface area contributed by atoms with E-state index in [0.717, 1.165) is 26.7 Å². The number of thiazole rings is 1. The molecule has 162 valence electrons. The van der Waals surface area contributed by atoms with E-state index in [9.17, 15) is 4.79 Å². The summed E-state index contributed by atoms with van der Waals surface area (Å²) in [5.41, 5.74) is 7.69. The lowest BCUT2D eigenvalue weighted by atomic mass is 9.87. The van der Waals surface area contributed by atoms with E-state index in [1.54, 1.807) is 29.3 Å². The van der Waals surface area contributed by atoms with Crippen LogP contribution in [0.2, 0.25) is 0 Å². The molecule has 0 radical (unpaired) electrons. The molecule has 6 heteroatoms. The highest BCUT2D eigenvalue weighted by molar-refractivity contribution is 8.00. The summed E-state index contributed by atoms with van der Waals surface area (Å²) >= 11 is 3.42. The lowest BCUT2D eigenvalue weighted by molar-refractivity contribution is 0.0955. The largest absolute Gasteiger partial charge is 0.271 e. The molecular weight excluding hydrogens is 434 g/mol. The van der Waals surface area contributed by atoms with Gasteiger partial charge in [0, 0.05) is 11.3 Å². The summed E-state index contributed by atoms with van der Waals surface area (Å²) in [6.45, 7) is 6.55. The third-order valence-electron chi connectivity index (χ3n) is 5.01. The van der Waals surface area contributed by atoms with Crippen LogP contribution in [0, 0.1) is 0 Å². The van der Waals surface area contributed by atoms with Gasteiger partial charge in [-0.3, -0.25) is 4.79 Å². The molecule has 0 atom stereocenters. The summed E-state index contributed by atoms with van der Waals surface area (Å²) in [5.74, 6) is 0.586.